The number of nitro groups is 1. The minimum absolute atomic E-state index is 0.121. The first-order valence-electron chi connectivity index (χ1n) is 4.93. The molecule has 0 saturated carbocycles. The van der Waals surface area contributed by atoms with E-state index in [0.717, 1.165) is 5.76 Å². The number of rotatable bonds is 3. The molecule has 0 bridgehead atoms. The molecule has 0 amide bonds. The van der Waals surface area contributed by atoms with Gasteiger partial charge in [-0.2, -0.15) is 0 Å². The summed E-state index contributed by atoms with van der Waals surface area (Å²) in [7, 11) is 0. The molecular formula is C11H10N2O4. The summed E-state index contributed by atoms with van der Waals surface area (Å²) in [6.07, 6.45) is 3.10. The van der Waals surface area contributed by atoms with Crippen LogP contribution in [0.5, 0.6) is 0 Å². The van der Waals surface area contributed by atoms with Crippen molar-refractivity contribution in [2.45, 2.75) is 13.8 Å². The summed E-state index contributed by atoms with van der Waals surface area (Å²) in [5.41, 5.74) is 0.0612. The van der Waals surface area contributed by atoms with Crippen molar-refractivity contribution >= 4 is 17.8 Å². The van der Waals surface area contributed by atoms with E-state index < -0.39 is 4.92 Å². The van der Waals surface area contributed by atoms with E-state index in [9.17, 15) is 10.1 Å². The maximum Gasteiger partial charge on any atom is 0.338 e. The monoisotopic (exact) mass is 234 g/mol. The van der Waals surface area contributed by atoms with E-state index >= 15 is 0 Å². The molecule has 0 aliphatic heterocycles. The third-order valence-electron chi connectivity index (χ3n) is 2.21. The van der Waals surface area contributed by atoms with Crippen molar-refractivity contribution in [2.24, 2.45) is 0 Å². The van der Waals surface area contributed by atoms with E-state index in [1.807, 2.05) is 13.0 Å². The number of nitrogens with zero attached hydrogens (tertiary/aromatic N) is 2. The molecule has 0 spiro atoms. The Morgan fingerprint density at radius 3 is 2.71 bits per heavy atom. The first kappa shape index (κ1) is 11.1. The number of hydrogen-bond acceptors (Lipinski definition) is 5. The molecule has 2 heterocycles. The summed E-state index contributed by atoms with van der Waals surface area (Å²) in [4.78, 5) is 10.3. The van der Waals surface area contributed by atoms with Gasteiger partial charge in [-0.3, -0.25) is 10.1 Å². The van der Waals surface area contributed by atoms with Gasteiger partial charge in [0.15, 0.2) is 5.69 Å². The lowest BCUT2D eigenvalue weighted by Gasteiger charge is -1.87. The predicted octanol–water partition coefficient (Wildman–Crippen LogP) is 2.96. The van der Waals surface area contributed by atoms with Crippen LogP contribution in [0.1, 0.15) is 23.0 Å². The molecule has 0 aliphatic carbocycles. The van der Waals surface area contributed by atoms with Gasteiger partial charge in [0.05, 0.1) is 4.92 Å². The van der Waals surface area contributed by atoms with Gasteiger partial charge < -0.3 is 8.94 Å². The Hall–Kier alpha value is -2.37. The highest BCUT2D eigenvalue weighted by Gasteiger charge is 2.21. The number of aryl methyl sites for hydroxylation is 2. The molecule has 0 N–H and O–H groups in total. The summed E-state index contributed by atoms with van der Waals surface area (Å²) in [6, 6.07) is 3.58. The van der Waals surface area contributed by atoms with E-state index in [1.165, 1.54) is 13.0 Å². The first-order valence-corrected chi connectivity index (χ1v) is 4.93. The Labute approximate surface area is 96.7 Å². The normalized spacial score (nSPS) is 11.2. The largest absolute Gasteiger partial charge is 0.462 e. The molecule has 0 atom stereocenters. The molecule has 0 radical (unpaired) electrons. The van der Waals surface area contributed by atoms with Crippen LogP contribution in [0.15, 0.2) is 21.1 Å². The summed E-state index contributed by atoms with van der Waals surface area (Å²) >= 11 is 0. The minimum atomic E-state index is -0.515. The van der Waals surface area contributed by atoms with Gasteiger partial charge in [0.1, 0.15) is 11.5 Å². The quantitative estimate of drug-likeness (QED) is 0.602. The van der Waals surface area contributed by atoms with Crippen LogP contribution >= 0.6 is 0 Å². The second kappa shape index (κ2) is 4.25. The lowest BCUT2D eigenvalue weighted by atomic mass is 10.3. The summed E-state index contributed by atoms with van der Waals surface area (Å²) in [5.74, 6) is 1.57. The Kier molecular flexibility index (Phi) is 2.78. The third-order valence-corrected chi connectivity index (χ3v) is 2.21. The number of furan rings is 1. The summed E-state index contributed by atoms with van der Waals surface area (Å²) < 4.78 is 10.1. The van der Waals surface area contributed by atoms with Gasteiger partial charge in [0, 0.05) is 6.92 Å². The molecule has 2 aromatic heterocycles. The number of hydrogen-bond donors (Lipinski definition) is 0. The fourth-order valence-electron chi connectivity index (χ4n) is 1.42. The molecule has 2 aromatic rings. The number of aromatic nitrogens is 1. The zero-order chi connectivity index (χ0) is 12.4. The van der Waals surface area contributed by atoms with Crippen molar-refractivity contribution in [3.63, 3.8) is 0 Å². The molecule has 2 rings (SSSR count). The van der Waals surface area contributed by atoms with Gasteiger partial charge in [-0.05, 0) is 31.2 Å². The lowest BCUT2D eigenvalue weighted by molar-refractivity contribution is -0.386. The molecular weight excluding hydrogens is 224 g/mol. The van der Waals surface area contributed by atoms with E-state index in [1.54, 1.807) is 12.1 Å². The van der Waals surface area contributed by atoms with E-state index in [-0.39, 0.29) is 17.1 Å². The average Bonchev–Trinajstić information content (AvgIpc) is 2.82. The van der Waals surface area contributed by atoms with Gasteiger partial charge in [-0.25, -0.2) is 0 Å². The van der Waals surface area contributed by atoms with Crippen molar-refractivity contribution in [1.29, 1.82) is 0 Å². The fourth-order valence-corrected chi connectivity index (χ4v) is 1.42. The van der Waals surface area contributed by atoms with Crippen molar-refractivity contribution in [2.75, 3.05) is 0 Å². The van der Waals surface area contributed by atoms with Crippen LogP contribution in [0.3, 0.4) is 0 Å². The average molecular weight is 234 g/mol. The van der Waals surface area contributed by atoms with Crippen LogP contribution in [0.25, 0.3) is 12.2 Å². The third kappa shape index (κ3) is 2.25. The molecule has 0 saturated heterocycles. The molecule has 0 aromatic carbocycles. The molecule has 6 heteroatoms. The summed E-state index contributed by atoms with van der Waals surface area (Å²) in [6.45, 7) is 3.32. The van der Waals surface area contributed by atoms with E-state index in [2.05, 4.69) is 5.16 Å². The van der Waals surface area contributed by atoms with Crippen LogP contribution in [-0.2, 0) is 0 Å². The molecule has 0 unspecified atom stereocenters. The van der Waals surface area contributed by atoms with Crippen molar-refractivity contribution in [3.05, 3.63) is 45.2 Å². The first-order chi connectivity index (χ1) is 8.08. The van der Waals surface area contributed by atoms with Crippen LogP contribution < -0.4 is 0 Å². The molecule has 17 heavy (non-hydrogen) atoms. The van der Waals surface area contributed by atoms with Gasteiger partial charge in [0.25, 0.3) is 0 Å². The highest BCUT2D eigenvalue weighted by Crippen LogP contribution is 2.24. The van der Waals surface area contributed by atoms with Crippen LogP contribution in [0.2, 0.25) is 0 Å². The van der Waals surface area contributed by atoms with Crippen LogP contribution in [-0.4, -0.2) is 10.1 Å². The topological polar surface area (TPSA) is 82.3 Å². The van der Waals surface area contributed by atoms with E-state index in [0.29, 0.717) is 5.76 Å². The molecule has 88 valence electrons. The Morgan fingerprint density at radius 2 is 2.12 bits per heavy atom. The van der Waals surface area contributed by atoms with Gasteiger partial charge in [-0.15, -0.1) is 0 Å². The molecule has 0 aliphatic rings. The second-order valence-corrected chi connectivity index (χ2v) is 3.51. The maximum atomic E-state index is 10.8. The van der Waals surface area contributed by atoms with Crippen LogP contribution in [0.4, 0.5) is 5.69 Å². The van der Waals surface area contributed by atoms with Gasteiger partial charge >= 0.3 is 5.69 Å². The smallest absolute Gasteiger partial charge is 0.338 e. The van der Waals surface area contributed by atoms with Crippen LogP contribution in [0, 0.1) is 24.0 Å². The molecule has 0 fully saturated rings. The minimum Gasteiger partial charge on any atom is -0.462 e. The van der Waals surface area contributed by atoms with Gasteiger partial charge in [-0.1, -0.05) is 5.16 Å². The predicted molar refractivity (Wildman–Crippen MR) is 60.3 cm³/mol. The second-order valence-electron chi connectivity index (χ2n) is 3.51. The lowest BCUT2D eigenvalue weighted by Crippen LogP contribution is -1.90. The zero-order valence-corrected chi connectivity index (χ0v) is 9.34. The molecule has 6 nitrogen and oxygen atoms in total. The standard InChI is InChI=1S/C11H10N2O4/c1-7-3-4-9(16-7)5-6-10-11(13(14)15)8(2)17-12-10/h3-6H,1-2H3. The fraction of sp³-hybridized carbons (Fsp3) is 0.182. The Balaban J connectivity index is 2.30. The maximum absolute atomic E-state index is 10.8. The van der Waals surface area contributed by atoms with Crippen molar-refractivity contribution in [3.8, 4) is 0 Å². The Morgan fingerprint density at radius 1 is 1.35 bits per heavy atom. The SMILES string of the molecule is Cc1ccc(C=Cc2noc(C)c2[N+](=O)[O-])o1. The zero-order valence-electron chi connectivity index (χ0n) is 9.34. The highest BCUT2D eigenvalue weighted by molar-refractivity contribution is 5.70. The van der Waals surface area contributed by atoms with Gasteiger partial charge in [0.2, 0.25) is 5.76 Å². The highest BCUT2D eigenvalue weighted by atomic mass is 16.6. The van der Waals surface area contributed by atoms with Crippen molar-refractivity contribution < 1.29 is 13.9 Å². The summed E-state index contributed by atoms with van der Waals surface area (Å²) in [5, 5.41) is 14.4. The van der Waals surface area contributed by atoms with E-state index in [4.69, 9.17) is 8.94 Å². The Bertz CT molecular complexity index is 580. The van der Waals surface area contributed by atoms with Crippen molar-refractivity contribution in [1.82, 2.24) is 5.16 Å².